The summed E-state index contributed by atoms with van der Waals surface area (Å²) in [6.07, 6.45) is 17.9. The Labute approximate surface area is 245 Å². The molecule has 6 nitrogen and oxygen atoms in total. The number of urea groups is 1. The van der Waals surface area contributed by atoms with E-state index in [1.807, 2.05) is 11.1 Å². The van der Waals surface area contributed by atoms with Crippen LogP contribution < -0.4 is 10.6 Å². The highest BCUT2D eigenvalue weighted by molar-refractivity contribution is 5.93. The Kier molecular flexibility index (Phi) is 5.88. The van der Waals surface area contributed by atoms with Gasteiger partial charge in [0.1, 0.15) is 0 Å². The maximum atomic E-state index is 13.4. The van der Waals surface area contributed by atoms with Gasteiger partial charge in [0.2, 0.25) is 0 Å². The van der Waals surface area contributed by atoms with E-state index in [-0.39, 0.29) is 27.8 Å². The fraction of sp³-hybridized carbons (Fsp3) is 0.629. The van der Waals surface area contributed by atoms with E-state index in [4.69, 9.17) is 4.98 Å². The van der Waals surface area contributed by atoms with Crippen LogP contribution in [0.5, 0.6) is 0 Å². The summed E-state index contributed by atoms with van der Waals surface area (Å²) in [5.74, 6) is 0.532. The number of hydrogen-bond acceptors (Lipinski definition) is 4. The predicted octanol–water partition coefficient (Wildman–Crippen LogP) is 6.74. The molecule has 41 heavy (non-hydrogen) atoms. The average Bonchev–Trinajstić information content (AvgIpc) is 2.96. The molecular formula is C35H47N5O. The topological polar surface area (TPSA) is 70.2 Å². The number of aryl methyl sites for hydroxylation is 1. The van der Waals surface area contributed by atoms with Crippen molar-refractivity contribution in [2.75, 3.05) is 26.2 Å². The van der Waals surface area contributed by atoms with Gasteiger partial charge in [-0.15, -0.1) is 0 Å². The molecule has 218 valence electrons. The van der Waals surface area contributed by atoms with Crippen molar-refractivity contribution in [1.29, 1.82) is 0 Å². The normalized spacial score (nSPS) is 39.7. The second kappa shape index (κ2) is 8.89. The molecule has 2 N–H and O–H groups in total. The number of rotatable bonds is 1. The van der Waals surface area contributed by atoms with Gasteiger partial charge in [-0.3, -0.25) is 9.97 Å². The molecule has 6 heteroatoms. The predicted molar refractivity (Wildman–Crippen MR) is 166 cm³/mol. The van der Waals surface area contributed by atoms with Crippen molar-refractivity contribution in [3.63, 3.8) is 0 Å². The Morgan fingerprint density at radius 2 is 1.76 bits per heavy atom. The maximum Gasteiger partial charge on any atom is 0.317 e. The van der Waals surface area contributed by atoms with Gasteiger partial charge in [-0.2, -0.15) is 0 Å². The molecule has 1 aliphatic heterocycles. The molecule has 2 saturated carbocycles. The standard InChI is InChI=1S/C35H47N5O/c1-23-24-7-9-33(4)26(25(24)21-27-29(23)38-16-15-37-27)8-10-34(5)28-22-32(3,39-30(41)40-19-17-36-18-20-40)13-11-31(28,2)12-14-35(33,34)6/h7-9,15-16,21,28,36H,10-14,17-20,22H2,1-6H3,(H,39,41)/t28-,31-,32-,33-,34+,35-/m1/s1. The average molecular weight is 554 g/mol. The number of benzene rings is 1. The summed E-state index contributed by atoms with van der Waals surface area (Å²) in [6.45, 7) is 18.1. The van der Waals surface area contributed by atoms with E-state index in [2.05, 4.69) is 81.5 Å². The van der Waals surface area contributed by atoms with Crippen LogP contribution in [0.3, 0.4) is 0 Å². The Balaban J connectivity index is 1.27. The molecular weight excluding hydrogens is 506 g/mol. The number of allylic oxidation sites excluding steroid dienone is 3. The van der Waals surface area contributed by atoms with Crippen LogP contribution in [0.25, 0.3) is 22.7 Å². The third-order valence-electron chi connectivity index (χ3n) is 13.1. The highest BCUT2D eigenvalue weighted by Crippen LogP contribution is 2.75. The summed E-state index contributed by atoms with van der Waals surface area (Å²) in [6, 6.07) is 2.41. The van der Waals surface area contributed by atoms with Gasteiger partial charge in [0.05, 0.1) is 11.0 Å². The summed E-state index contributed by atoms with van der Waals surface area (Å²) in [4.78, 5) is 24.7. The Hall–Kier alpha value is -2.73. The summed E-state index contributed by atoms with van der Waals surface area (Å²) in [5.41, 5.74) is 7.59. The van der Waals surface area contributed by atoms with E-state index in [9.17, 15) is 4.79 Å². The van der Waals surface area contributed by atoms with Crippen molar-refractivity contribution in [3.8, 4) is 0 Å². The first-order valence-electron chi connectivity index (χ1n) is 15.9. The summed E-state index contributed by atoms with van der Waals surface area (Å²) < 4.78 is 0. The lowest BCUT2D eigenvalue weighted by Crippen LogP contribution is -2.66. The number of hydrogen-bond donors (Lipinski definition) is 2. The minimum atomic E-state index is -0.179. The van der Waals surface area contributed by atoms with E-state index in [0.717, 1.165) is 56.5 Å². The molecule has 6 atom stereocenters. The van der Waals surface area contributed by atoms with E-state index in [1.54, 1.807) is 6.20 Å². The van der Waals surface area contributed by atoms with Gasteiger partial charge in [0.15, 0.2) is 0 Å². The zero-order chi connectivity index (χ0) is 28.8. The number of carbonyl (C=O) groups is 1. The zero-order valence-electron chi connectivity index (χ0n) is 25.9. The molecule has 1 aromatic heterocycles. The molecule has 1 aromatic carbocycles. The van der Waals surface area contributed by atoms with E-state index < -0.39 is 0 Å². The van der Waals surface area contributed by atoms with Gasteiger partial charge in [0, 0.05) is 49.5 Å². The van der Waals surface area contributed by atoms with Crippen molar-refractivity contribution < 1.29 is 4.79 Å². The molecule has 0 bridgehead atoms. The molecule has 1 saturated heterocycles. The monoisotopic (exact) mass is 553 g/mol. The third kappa shape index (κ3) is 3.68. The molecule has 3 fully saturated rings. The van der Waals surface area contributed by atoms with Crippen LogP contribution >= 0.6 is 0 Å². The second-order valence-electron chi connectivity index (χ2n) is 15.1. The van der Waals surface area contributed by atoms with Gasteiger partial charge in [-0.1, -0.05) is 45.9 Å². The Bertz CT molecular complexity index is 1490. The number of piperazine rings is 1. The zero-order valence-corrected chi connectivity index (χ0v) is 25.9. The minimum absolute atomic E-state index is 0.0748. The highest BCUT2D eigenvalue weighted by atomic mass is 16.2. The SMILES string of the molecule is Cc1c2c(cc3nccnc13)C1=CC[C@@]3(C)[C@@H]4C[C@](C)(NC(=O)N5CCNCC5)CC[C@]4(C)CC[C@]3(C)[C@]1(C)C=C2. The number of amides is 2. The molecule has 7 rings (SSSR count). The van der Waals surface area contributed by atoms with E-state index in [1.165, 1.54) is 41.5 Å². The van der Waals surface area contributed by atoms with Gasteiger partial charge in [0.25, 0.3) is 0 Å². The first-order valence-corrected chi connectivity index (χ1v) is 15.9. The van der Waals surface area contributed by atoms with Gasteiger partial charge in [-0.05, 0) is 103 Å². The molecule has 2 heterocycles. The smallest absolute Gasteiger partial charge is 0.317 e. The maximum absolute atomic E-state index is 13.4. The van der Waals surface area contributed by atoms with Crippen LogP contribution in [0.15, 0.2) is 30.6 Å². The molecule has 0 unspecified atom stereocenters. The van der Waals surface area contributed by atoms with Crippen molar-refractivity contribution in [3.05, 3.63) is 47.3 Å². The van der Waals surface area contributed by atoms with Crippen molar-refractivity contribution in [2.45, 2.75) is 85.6 Å². The minimum Gasteiger partial charge on any atom is -0.333 e. The first-order chi connectivity index (χ1) is 19.4. The number of aromatic nitrogens is 2. The number of nitrogens with one attached hydrogen (secondary N) is 2. The van der Waals surface area contributed by atoms with Crippen LogP contribution in [0.4, 0.5) is 4.79 Å². The van der Waals surface area contributed by atoms with Crippen LogP contribution in [0.1, 0.15) is 89.8 Å². The van der Waals surface area contributed by atoms with Crippen LogP contribution in [-0.4, -0.2) is 52.6 Å². The van der Waals surface area contributed by atoms with Crippen molar-refractivity contribution in [1.82, 2.24) is 25.5 Å². The van der Waals surface area contributed by atoms with Crippen molar-refractivity contribution in [2.24, 2.45) is 27.6 Å². The molecule has 2 aromatic rings. The van der Waals surface area contributed by atoms with Gasteiger partial charge in [-0.25, -0.2) is 4.79 Å². The molecule has 5 aliphatic rings. The van der Waals surface area contributed by atoms with Crippen LogP contribution in [0.2, 0.25) is 0 Å². The van der Waals surface area contributed by atoms with Crippen molar-refractivity contribution >= 4 is 28.7 Å². The number of fused-ring (bicyclic) bond motifs is 8. The quantitative estimate of drug-likeness (QED) is 0.410. The molecule has 2 amide bonds. The molecule has 0 spiro atoms. The fourth-order valence-corrected chi connectivity index (χ4v) is 10.0. The molecule has 4 aliphatic carbocycles. The summed E-state index contributed by atoms with van der Waals surface area (Å²) in [7, 11) is 0. The van der Waals surface area contributed by atoms with E-state index >= 15 is 0 Å². The largest absolute Gasteiger partial charge is 0.333 e. The van der Waals surface area contributed by atoms with Crippen LogP contribution in [-0.2, 0) is 0 Å². The highest BCUT2D eigenvalue weighted by Gasteiger charge is 2.67. The van der Waals surface area contributed by atoms with E-state index in [0.29, 0.717) is 11.3 Å². The lowest BCUT2D eigenvalue weighted by molar-refractivity contribution is -0.171. The third-order valence-corrected chi connectivity index (χ3v) is 13.1. The Morgan fingerprint density at radius 3 is 2.54 bits per heavy atom. The van der Waals surface area contributed by atoms with Gasteiger partial charge >= 0.3 is 6.03 Å². The van der Waals surface area contributed by atoms with Gasteiger partial charge < -0.3 is 15.5 Å². The fourth-order valence-electron chi connectivity index (χ4n) is 10.0. The lowest BCUT2D eigenvalue weighted by Gasteiger charge is -2.71. The second-order valence-corrected chi connectivity index (χ2v) is 15.1. The van der Waals surface area contributed by atoms with Crippen LogP contribution in [0, 0.1) is 34.5 Å². The number of nitrogens with zero attached hydrogens (tertiary/aromatic N) is 3. The number of carbonyl (C=O) groups excluding carboxylic acids is 1. The summed E-state index contributed by atoms with van der Waals surface area (Å²) in [5, 5.41) is 6.93. The summed E-state index contributed by atoms with van der Waals surface area (Å²) >= 11 is 0. The molecule has 0 radical (unpaired) electrons. The first kappa shape index (κ1) is 27.1. The lowest BCUT2D eigenvalue weighted by atomic mass is 9.34. The Morgan fingerprint density at radius 1 is 1.02 bits per heavy atom.